The number of alkyl halides is 1. The van der Waals surface area contributed by atoms with Crippen LogP contribution in [0.4, 0.5) is 5.69 Å². The van der Waals surface area contributed by atoms with E-state index in [1.807, 2.05) is 0 Å². The molecule has 0 aliphatic rings. The first-order valence-corrected chi connectivity index (χ1v) is 4.41. The van der Waals surface area contributed by atoms with Gasteiger partial charge in [-0.05, 0) is 12.1 Å². The first-order valence-electron chi connectivity index (χ1n) is 3.87. The third-order valence-electron chi connectivity index (χ3n) is 1.48. The van der Waals surface area contributed by atoms with Gasteiger partial charge in [-0.25, -0.2) is 0 Å². The molecule has 0 saturated heterocycles. The minimum atomic E-state index is 0.153. The van der Waals surface area contributed by atoms with Crippen molar-refractivity contribution in [2.75, 3.05) is 11.6 Å². The van der Waals surface area contributed by atoms with E-state index in [4.69, 9.17) is 22.4 Å². The highest BCUT2D eigenvalue weighted by molar-refractivity contribution is 6.18. The molecule has 0 spiro atoms. The highest BCUT2D eigenvalue weighted by Gasteiger charge is 1.95. The summed E-state index contributed by atoms with van der Waals surface area (Å²) in [5.74, 6) is 6.41. The fraction of sp³-hybridized carbons (Fsp3) is 0.200. The van der Waals surface area contributed by atoms with E-state index in [0.717, 1.165) is 5.56 Å². The van der Waals surface area contributed by atoms with Crippen molar-refractivity contribution < 1.29 is 5.11 Å². The Morgan fingerprint density at radius 3 is 2.85 bits per heavy atom. The lowest BCUT2D eigenvalue weighted by Crippen LogP contribution is -1.88. The molecule has 0 atom stereocenters. The summed E-state index contributed by atoms with van der Waals surface area (Å²) in [5.41, 5.74) is 6.82. The summed E-state index contributed by atoms with van der Waals surface area (Å²) in [5, 5.41) is 9.06. The predicted octanol–water partition coefficient (Wildman–Crippen LogP) is 1.95. The largest absolute Gasteiger partial charge is 0.508 e. The molecule has 1 aromatic rings. The van der Waals surface area contributed by atoms with Gasteiger partial charge in [-0.2, -0.15) is 0 Å². The zero-order valence-corrected chi connectivity index (χ0v) is 7.80. The van der Waals surface area contributed by atoms with Gasteiger partial charge in [-0.1, -0.05) is 11.8 Å². The summed E-state index contributed by atoms with van der Waals surface area (Å²) < 4.78 is 0. The Labute approximate surface area is 82.3 Å². The Kier molecular flexibility index (Phi) is 3.48. The fourth-order valence-corrected chi connectivity index (χ4v) is 0.963. The topological polar surface area (TPSA) is 46.2 Å². The second kappa shape index (κ2) is 4.64. The van der Waals surface area contributed by atoms with Crippen LogP contribution in [-0.2, 0) is 0 Å². The van der Waals surface area contributed by atoms with Crippen molar-refractivity contribution in [3.8, 4) is 17.6 Å². The maximum Gasteiger partial charge on any atom is 0.117 e. The predicted molar refractivity (Wildman–Crippen MR) is 54.7 cm³/mol. The SMILES string of the molecule is Nc1cc(O)ccc1C#CCCCl. The molecule has 68 valence electrons. The average molecular weight is 196 g/mol. The van der Waals surface area contributed by atoms with Crippen LogP contribution in [-0.4, -0.2) is 11.0 Å². The molecule has 0 unspecified atom stereocenters. The van der Waals surface area contributed by atoms with Crippen LogP contribution in [0.1, 0.15) is 12.0 Å². The molecule has 1 rings (SSSR count). The molecule has 3 N–H and O–H groups in total. The molecule has 0 amide bonds. The van der Waals surface area contributed by atoms with Crippen LogP contribution in [0, 0.1) is 11.8 Å². The Morgan fingerprint density at radius 2 is 2.23 bits per heavy atom. The minimum Gasteiger partial charge on any atom is -0.508 e. The van der Waals surface area contributed by atoms with Crippen LogP contribution in [0.3, 0.4) is 0 Å². The lowest BCUT2D eigenvalue weighted by Gasteiger charge is -1.97. The number of hydrogen-bond acceptors (Lipinski definition) is 2. The van der Waals surface area contributed by atoms with Gasteiger partial charge in [0.15, 0.2) is 0 Å². The van der Waals surface area contributed by atoms with E-state index in [2.05, 4.69) is 11.8 Å². The summed E-state index contributed by atoms with van der Waals surface area (Å²) >= 11 is 5.46. The van der Waals surface area contributed by atoms with E-state index in [1.54, 1.807) is 12.1 Å². The summed E-state index contributed by atoms with van der Waals surface area (Å²) in [4.78, 5) is 0. The van der Waals surface area contributed by atoms with E-state index in [1.165, 1.54) is 6.07 Å². The molecule has 0 heterocycles. The van der Waals surface area contributed by atoms with Crippen LogP contribution in [0.5, 0.6) is 5.75 Å². The van der Waals surface area contributed by atoms with Crippen molar-refractivity contribution in [2.24, 2.45) is 0 Å². The first kappa shape index (κ1) is 9.76. The molecule has 0 saturated carbocycles. The molecule has 0 bridgehead atoms. The molecule has 0 radical (unpaired) electrons. The maximum absolute atomic E-state index is 9.06. The van der Waals surface area contributed by atoms with Crippen molar-refractivity contribution in [3.05, 3.63) is 23.8 Å². The first-order chi connectivity index (χ1) is 6.24. The van der Waals surface area contributed by atoms with E-state index in [-0.39, 0.29) is 5.75 Å². The van der Waals surface area contributed by atoms with E-state index in [9.17, 15) is 0 Å². The maximum atomic E-state index is 9.06. The minimum absolute atomic E-state index is 0.153. The highest BCUT2D eigenvalue weighted by Crippen LogP contribution is 2.17. The van der Waals surface area contributed by atoms with E-state index >= 15 is 0 Å². The van der Waals surface area contributed by atoms with Crippen molar-refractivity contribution in [1.82, 2.24) is 0 Å². The lowest BCUT2D eigenvalue weighted by atomic mass is 10.2. The summed E-state index contributed by atoms with van der Waals surface area (Å²) in [7, 11) is 0. The molecule has 13 heavy (non-hydrogen) atoms. The number of hydrogen-bond donors (Lipinski definition) is 2. The number of aromatic hydroxyl groups is 1. The molecule has 2 nitrogen and oxygen atoms in total. The molecule has 0 aliphatic heterocycles. The molecule has 1 aromatic carbocycles. The number of halogens is 1. The smallest absolute Gasteiger partial charge is 0.117 e. The zero-order valence-electron chi connectivity index (χ0n) is 7.05. The van der Waals surface area contributed by atoms with Gasteiger partial charge in [0, 0.05) is 23.9 Å². The van der Waals surface area contributed by atoms with Gasteiger partial charge < -0.3 is 10.8 Å². The molecular weight excluding hydrogens is 186 g/mol. The third-order valence-corrected chi connectivity index (χ3v) is 1.67. The van der Waals surface area contributed by atoms with Gasteiger partial charge in [0.1, 0.15) is 5.75 Å². The summed E-state index contributed by atoms with van der Waals surface area (Å²) in [6.07, 6.45) is 0.641. The number of phenolic OH excluding ortho intramolecular Hbond substituents is 1. The van der Waals surface area contributed by atoms with Crippen LogP contribution in [0.15, 0.2) is 18.2 Å². The summed E-state index contributed by atoms with van der Waals surface area (Å²) in [6, 6.07) is 4.72. The fourth-order valence-electron chi connectivity index (χ4n) is 0.869. The van der Waals surface area contributed by atoms with Crippen molar-refractivity contribution >= 4 is 17.3 Å². The second-order valence-corrected chi connectivity index (χ2v) is 2.89. The number of anilines is 1. The van der Waals surface area contributed by atoms with Gasteiger partial charge in [-0.3, -0.25) is 0 Å². The Hall–Kier alpha value is -1.33. The molecule has 3 heteroatoms. The van der Waals surface area contributed by atoms with Crippen LogP contribution in [0.25, 0.3) is 0 Å². The molecular formula is C10H10ClNO. The lowest BCUT2D eigenvalue weighted by molar-refractivity contribution is 0.475. The molecule has 0 aromatic heterocycles. The zero-order chi connectivity index (χ0) is 9.68. The number of nitrogens with two attached hydrogens (primary N) is 1. The Balaban J connectivity index is 2.85. The molecule has 0 aliphatic carbocycles. The van der Waals surface area contributed by atoms with Crippen molar-refractivity contribution in [1.29, 1.82) is 0 Å². The van der Waals surface area contributed by atoms with Crippen LogP contribution >= 0.6 is 11.6 Å². The quantitative estimate of drug-likeness (QED) is 0.409. The second-order valence-electron chi connectivity index (χ2n) is 2.51. The van der Waals surface area contributed by atoms with Crippen molar-refractivity contribution in [2.45, 2.75) is 6.42 Å². The number of phenols is 1. The average Bonchev–Trinajstić information content (AvgIpc) is 2.09. The van der Waals surface area contributed by atoms with Crippen LogP contribution in [0.2, 0.25) is 0 Å². The van der Waals surface area contributed by atoms with Crippen molar-refractivity contribution in [3.63, 3.8) is 0 Å². The Bertz CT molecular complexity index is 352. The van der Waals surface area contributed by atoms with Gasteiger partial charge in [0.25, 0.3) is 0 Å². The van der Waals surface area contributed by atoms with E-state index in [0.29, 0.717) is 18.0 Å². The monoisotopic (exact) mass is 195 g/mol. The van der Waals surface area contributed by atoms with Crippen LogP contribution < -0.4 is 5.73 Å². The number of rotatable bonds is 1. The number of nitrogen functional groups attached to an aromatic ring is 1. The van der Waals surface area contributed by atoms with Gasteiger partial charge >= 0.3 is 0 Å². The van der Waals surface area contributed by atoms with Gasteiger partial charge in [-0.15, -0.1) is 11.6 Å². The third kappa shape index (κ3) is 2.89. The Morgan fingerprint density at radius 1 is 1.46 bits per heavy atom. The number of benzene rings is 1. The van der Waals surface area contributed by atoms with Gasteiger partial charge in [0.2, 0.25) is 0 Å². The normalized spacial score (nSPS) is 9.00. The summed E-state index contributed by atoms with van der Waals surface area (Å²) in [6.45, 7) is 0. The highest BCUT2D eigenvalue weighted by atomic mass is 35.5. The van der Waals surface area contributed by atoms with E-state index < -0.39 is 0 Å². The standard InChI is InChI=1S/C10H10ClNO/c11-6-2-1-3-8-4-5-9(13)7-10(8)12/h4-5,7,13H,2,6,12H2. The molecule has 0 fully saturated rings. The van der Waals surface area contributed by atoms with Gasteiger partial charge in [0.05, 0.1) is 5.69 Å².